The molecule has 1 aliphatic heterocycles. The fraction of sp³-hybridized carbons (Fsp3) is 0.562. The van der Waals surface area contributed by atoms with E-state index in [1.165, 1.54) is 0 Å². The molecule has 2 aromatic heterocycles. The van der Waals surface area contributed by atoms with Gasteiger partial charge in [-0.15, -0.1) is 23.7 Å². The lowest BCUT2D eigenvalue weighted by atomic mass is 10.3. The Balaban J connectivity index is 0.00000225. The van der Waals surface area contributed by atoms with Gasteiger partial charge in [-0.05, 0) is 24.4 Å². The molecule has 0 bridgehead atoms. The maximum Gasteiger partial charge on any atom is 0.227 e. The Labute approximate surface area is 157 Å². The van der Waals surface area contributed by atoms with E-state index < -0.39 is 0 Å². The molecule has 25 heavy (non-hydrogen) atoms. The van der Waals surface area contributed by atoms with Crippen LogP contribution >= 0.6 is 23.7 Å². The summed E-state index contributed by atoms with van der Waals surface area (Å²) in [6.45, 7) is 6.06. The molecule has 0 saturated carbocycles. The molecule has 0 aromatic carbocycles. The number of nitrogens with one attached hydrogen (secondary N) is 2. The van der Waals surface area contributed by atoms with Gasteiger partial charge in [-0.3, -0.25) is 4.79 Å². The summed E-state index contributed by atoms with van der Waals surface area (Å²) in [5, 5.41) is 12.2. The van der Waals surface area contributed by atoms with Gasteiger partial charge in [0.15, 0.2) is 0 Å². The van der Waals surface area contributed by atoms with Crippen molar-refractivity contribution in [2.75, 3.05) is 39.3 Å². The molecule has 138 valence electrons. The number of nitrogens with zero attached hydrogens (tertiary/aromatic N) is 3. The molecule has 1 aliphatic rings. The Morgan fingerprint density at radius 2 is 2.24 bits per heavy atom. The fourth-order valence-electron chi connectivity index (χ4n) is 2.64. The lowest BCUT2D eigenvalue weighted by Gasteiger charge is -2.27. The molecule has 2 aromatic rings. The predicted molar refractivity (Wildman–Crippen MR) is 100 cm³/mol. The molecule has 1 amide bonds. The van der Waals surface area contributed by atoms with Gasteiger partial charge >= 0.3 is 0 Å². The third kappa shape index (κ3) is 6.39. The molecule has 0 radical (unpaired) electrons. The first-order valence-corrected chi connectivity index (χ1v) is 9.25. The molecule has 3 rings (SSSR count). The van der Waals surface area contributed by atoms with Gasteiger partial charge < -0.3 is 20.1 Å². The van der Waals surface area contributed by atoms with Crippen LogP contribution < -0.4 is 10.6 Å². The highest BCUT2D eigenvalue weighted by molar-refractivity contribution is 7.13. The van der Waals surface area contributed by atoms with Gasteiger partial charge in [-0.2, -0.15) is 4.98 Å². The van der Waals surface area contributed by atoms with Crippen molar-refractivity contribution in [3.8, 4) is 10.7 Å². The molecule has 7 nitrogen and oxygen atoms in total. The van der Waals surface area contributed by atoms with Crippen LogP contribution in [0, 0.1) is 0 Å². The van der Waals surface area contributed by atoms with Gasteiger partial charge in [0.2, 0.25) is 17.6 Å². The largest absolute Gasteiger partial charge is 0.356 e. The Bertz CT molecular complexity index is 628. The van der Waals surface area contributed by atoms with Crippen molar-refractivity contribution >= 4 is 29.7 Å². The van der Waals surface area contributed by atoms with Crippen molar-refractivity contribution in [2.24, 2.45) is 0 Å². The first-order valence-electron chi connectivity index (χ1n) is 8.37. The molecule has 0 atom stereocenters. The molecule has 9 heteroatoms. The van der Waals surface area contributed by atoms with E-state index in [9.17, 15) is 4.79 Å². The minimum Gasteiger partial charge on any atom is -0.356 e. The first-order chi connectivity index (χ1) is 11.8. The average Bonchev–Trinajstić information content (AvgIpc) is 3.29. The summed E-state index contributed by atoms with van der Waals surface area (Å²) in [5.41, 5.74) is 0. The van der Waals surface area contributed by atoms with Crippen LogP contribution in [0.3, 0.4) is 0 Å². The Hall–Kier alpha value is -1.48. The summed E-state index contributed by atoms with van der Waals surface area (Å²) in [6.07, 6.45) is 1.83. The number of rotatable bonds is 8. The summed E-state index contributed by atoms with van der Waals surface area (Å²) in [6, 6.07) is 3.90. The van der Waals surface area contributed by atoms with Gasteiger partial charge in [-0.25, -0.2) is 0 Å². The van der Waals surface area contributed by atoms with Gasteiger partial charge in [-0.1, -0.05) is 11.2 Å². The van der Waals surface area contributed by atoms with E-state index in [4.69, 9.17) is 4.52 Å². The van der Waals surface area contributed by atoms with E-state index >= 15 is 0 Å². The van der Waals surface area contributed by atoms with Gasteiger partial charge in [0, 0.05) is 45.6 Å². The highest BCUT2D eigenvalue weighted by Crippen LogP contribution is 2.21. The number of aryl methyl sites for hydroxylation is 1. The zero-order valence-corrected chi connectivity index (χ0v) is 15.7. The Morgan fingerprint density at radius 1 is 1.40 bits per heavy atom. The smallest absolute Gasteiger partial charge is 0.227 e. The second kappa shape index (κ2) is 10.5. The summed E-state index contributed by atoms with van der Waals surface area (Å²) in [7, 11) is 0. The van der Waals surface area contributed by atoms with E-state index in [0.717, 1.165) is 44.0 Å². The minimum absolute atomic E-state index is 0. The van der Waals surface area contributed by atoms with Crippen LogP contribution in [-0.4, -0.2) is 60.2 Å². The molecular formula is C16H24ClN5O2S. The van der Waals surface area contributed by atoms with Gasteiger partial charge in [0.1, 0.15) is 0 Å². The number of thiophene rings is 1. The van der Waals surface area contributed by atoms with Crippen molar-refractivity contribution in [1.82, 2.24) is 25.7 Å². The Kier molecular flexibility index (Phi) is 8.33. The van der Waals surface area contributed by atoms with Crippen LogP contribution in [0.15, 0.2) is 22.0 Å². The quantitative estimate of drug-likeness (QED) is 0.671. The number of aromatic nitrogens is 2. The van der Waals surface area contributed by atoms with E-state index in [1.807, 2.05) is 17.5 Å². The van der Waals surface area contributed by atoms with Crippen molar-refractivity contribution in [3.05, 3.63) is 23.4 Å². The minimum atomic E-state index is 0. The van der Waals surface area contributed by atoms with Crippen LogP contribution in [0.2, 0.25) is 0 Å². The van der Waals surface area contributed by atoms with Crippen molar-refractivity contribution in [2.45, 2.75) is 19.3 Å². The molecule has 0 aliphatic carbocycles. The number of hydrogen-bond donors (Lipinski definition) is 2. The maximum atomic E-state index is 11.9. The second-order valence-corrected chi connectivity index (χ2v) is 6.73. The average molecular weight is 386 g/mol. The number of carbonyl (C=O) groups is 1. The molecular weight excluding hydrogens is 362 g/mol. The van der Waals surface area contributed by atoms with Crippen LogP contribution in [-0.2, 0) is 11.2 Å². The predicted octanol–water partition coefficient (Wildman–Crippen LogP) is 1.56. The topological polar surface area (TPSA) is 83.3 Å². The lowest BCUT2D eigenvalue weighted by molar-refractivity contribution is -0.121. The van der Waals surface area contributed by atoms with Crippen LogP contribution in [0.5, 0.6) is 0 Å². The van der Waals surface area contributed by atoms with Gasteiger partial charge in [0.25, 0.3) is 0 Å². The van der Waals surface area contributed by atoms with Crippen LogP contribution in [0.25, 0.3) is 10.7 Å². The number of piperazine rings is 1. The summed E-state index contributed by atoms with van der Waals surface area (Å²) >= 11 is 1.57. The number of hydrogen-bond acceptors (Lipinski definition) is 7. The fourth-order valence-corrected chi connectivity index (χ4v) is 3.29. The van der Waals surface area contributed by atoms with E-state index in [1.54, 1.807) is 11.3 Å². The first kappa shape index (κ1) is 19.8. The highest BCUT2D eigenvalue weighted by Gasteiger charge is 2.12. The monoisotopic (exact) mass is 385 g/mol. The highest BCUT2D eigenvalue weighted by atomic mass is 35.5. The van der Waals surface area contributed by atoms with Crippen molar-refractivity contribution in [1.29, 1.82) is 0 Å². The van der Waals surface area contributed by atoms with Gasteiger partial charge in [0.05, 0.1) is 4.88 Å². The standard InChI is InChI=1S/C16H23N5O2S.ClH/c22-14(18-6-2-9-21-10-7-17-8-11-21)4-5-15-19-16(20-23-15)13-3-1-12-24-13;/h1,3,12,17H,2,4-11H2,(H,18,22);1H. The zero-order chi connectivity index (χ0) is 16.6. The maximum absolute atomic E-state index is 11.9. The van der Waals surface area contributed by atoms with Crippen LogP contribution in [0.1, 0.15) is 18.7 Å². The second-order valence-electron chi connectivity index (χ2n) is 5.78. The molecule has 1 fully saturated rings. The normalized spacial score (nSPS) is 14.9. The SMILES string of the molecule is Cl.O=C(CCc1nc(-c2cccs2)no1)NCCCN1CCNCC1. The number of halogens is 1. The molecule has 3 heterocycles. The summed E-state index contributed by atoms with van der Waals surface area (Å²) in [5.74, 6) is 1.14. The molecule has 2 N–H and O–H groups in total. The van der Waals surface area contributed by atoms with Crippen LogP contribution in [0.4, 0.5) is 0 Å². The Morgan fingerprint density at radius 3 is 3.00 bits per heavy atom. The zero-order valence-electron chi connectivity index (χ0n) is 14.1. The van der Waals surface area contributed by atoms with Crippen molar-refractivity contribution in [3.63, 3.8) is 0 Å². The van der Waals surface area contributed by atoms with Crippen molar-refractivity contribution < 1.29 is 9.32 Å². The summed E-state index contributed by atoms with van der Waals surface area (Å²) < 4.78 is 5.20. The summed E-state index contributed by atoms with van der Waals surface area (Å²) in [4.78, 5) is 19.6. The van der Waals surface area contributed by atoms with E-state index in [2.05, 4.69) is 25.7 Å². The van der Waals surface area contributed by atoms with E-state index in [-0.39, 0.29) is 18.3 Å². The lowest BCUT2D eigenvalue weighted by Crippen LogP contribution is -2.44. The third-order valence-corrected chi connectivity index (χ3v) is 4.82. The number of amides is 1. The van der Waals surface area contributed by atoms with E-state index in [0.29, 0.717) is 31.1 Å². The molecule has 0 spiro atoms. The third-order valence-electron chi connectivity index (χ3n) is 3.96. The number of carbonyl (C=O) groups excluding carboxylic acids is 1. The molecule has 0 unspecified atom stereocenters. The molecule has 1 saturated heterocycles.